The molecule has 1 aromatic rings. The maximum atomic E-state index is 13.0. The van der Waals surface area contributed by atoms with E-state index in [0.717, 1.165) is 18.4 Å². The van der Waals surface area contributed by atoms with E-state index in [0.29, 0.717) is 42.6 Å². The lowest BCUT2D eigenvalue weighted by atomic mass is 9.76. The second-order valence-corrected chi connectivity index (χ2v) is 8.46. The molecule has 2 atom stereocenters. The fourth-order valence-corrected chi connectivity index (χ4v) is 4.12. The molecule has 1 N–H and O–H groups in total. The van der Waals surface area contributed by atoms with E-state index in [4.69, 9.17) is 14.2 Å². The van der Waals surface area contributed by atoms with Crippen LogP contribution >= 0.6 is 0 Å². The number of amides is 1. The molecular weight excluding hydrogens is 358 g/mol. The smallest absolute Gasteiger partial charge is 0.223 e. The fourth-order valence-electron chi connectivity index (χ4n) is 4.12. The van der Waals surface area contributed by atoms with Crippen LogP contribution in [0.5, 0.6) is 17.2 Å². The molecule has 0 aliphatic carbocycles. The summed E-state index contributed by atoms with van der Waals surface area (Å²) in [5.41, 5.74) is 1.06. The van der Waals surface area contributed by atoms with Gasteiger partial charge in [0.2, 0.25) is 11.7 Å². The monoisotopic (exact) mass is 393 g/mol. The van der Waals surface area contributed by atoms with Gasteiger partial charge < -0.3 is 24.2 Å². The molecule has 1 saturated heterocycles. The van der Waals surface area contributed by atoms with Gasteiger partial charge in [-0.15, -0.1) is 0 Å². The SMILES string of the molecule is COc1cc([C@H](CCO)N2CC[C@H](C(C)(C)C)CCC2=O)cc(OC)c1OC. The Kier molecular flexibility index (Phi) is 7.58. The zero-order valence-corrected chi connectivity index (χ0v) is 18.1. The van der Waals surface area contributed by atoms with Crippen molar-refractivity contribution in [2.24, 2.45) is 11.3 Å². The minimum Gasteiger partial charge on any atom is -0.493 e. The zero-order valence-electron chi connectivity index (χ0n) is 18.1. The van der Waals surface area contributed by atoms with Crippen molar-refractivity contribution in [1.29, 1.82) is 0 Å². The predicted octanol–water partition coefficient (Wildman–Crippen LogP) is 3.81. The molecular formula is C22H35NO5. The summed E-state index contributed by atoms with van der Waals surface area (Å²) < 4.78 is 16.4. The summed E-state index contributed by atoms with van der Waals surface area (Å²) >= 11 is 0. The minimum atomic E-state index is -0.232. The fraction of sp³-hybridized carbons (Fsp3) is 0.682. The number of methoxy groups -OCH3 is 3. The van der Waals surface area contributed by atoms with Crippen LogP contribution in [0.15, 0.2) is 12.1 Å². The lowest BCUT2D eigenvalue weighted by molar-refractivity contribution is -0.133. The molecule has 28 heavy (non-hydrogen) atoms. The Bertz CT molecular complexity index is 642. The van der Waals surface area contributed by atoms with Crippen LogP contribution in [-0.2, 0) is 4.79 Å². The van der Waals surface area contributed by atoms with Crippen LogP contribution in [0.25, 0.3) is 0 Å². The molecule has 0 aromatic heterocycles. The summed E-state index contributed by atoms with van der Waals surface area (Å²) in [6.07, 6.45) is 2.86. The van der Waals surface area contributed by atoms with Crippen molar-refractivity contribution in [2.75, 3.05) is 34.5 Å². The minimum absolute atomic E-state index is 0.00614. The van der Waals surface area contributed by atoms with Gasteiger partial charge in [0.25, 0.3) is 0 Å². The third kappa shape index (κ3) is 4.90. The lowest BCUT2D eigenvalue weighted by Crippen LogP contribution is -2.35. The highest BCUT2D eigenvalue weighted by atomic mass is 16.5. The van der Waals surface area contributed by atoms with Gasteiger partial charge in [0.15, 0.2) is 11.5 Å². The molecule has 6 heteroatoms. The first-order chi connectivity index (χ1) is 13.3. The van der Waals surface area contributed by atoms with E-state index in [1.165, 1.54) is 0 Å². The summed E-state index contributed by atoms with van der Waals surface area (Å²) in [6.45, 7) is 7.39. The average Bonchev–Trinajstić information content (AvgIpc) is 2.86. The molecule has 1 amide bonds. The summed E-state index contributed by atoms with van der Waals surface area (Å²) in [6, 6.07) is 3.52. The lowest BCUT2D eigenvalue weighted by Gasteiger charge is -2.33. The highest BCUT2D eigenvalue weighted by molar-refractivity contribution is 5.77. The van der Waals surface area contributed by atoms with E-state index in [1.807, 2.05) is 17.0 Å². The van der Waals surface area contributed by atoms with Crippen molar-refractivity contribution in [1.82, 2.24) is 4.90 Å². The standard InChI is InChI=1S/C22H35NO5/c1-22(2,3)16-7-8-20(25)23(11-9-16)17(10-12-24)15-13-18(26-4)21(28-6)19(14-15)27-5/h13-14,16-17,24H,7-12H2,1-6H3/t16-,17+/m1/s1. The van der Waals surface area contributed by atoms with Gasteiger partial charge in [-0.3, -0.25) is 4.79 Å². The first-order valence-electron chi connectivity index (χ1n) is 9.97. The molecule has 2 rings (SSSR count). The van der Waals surface area contributed by atoms with Crippen LogP contribution in [0.1, 0.15) is 58.1 Å². The van der Waals surface area contributed by atoms with E-state index in [2.05, 4.69) is 20.8 Å². The summed E-state index contributed by atoms with van der Waals surface area (Å²) in [5, 5.41) is 9.70. The number of hydrogen-bond donors (Lipinski definition) is 1. The summed E-state index contributed by atoms with van der Waals surface area (Å²) in [5.74, 6) is 2.26. The van der Waals surface area contributed by atoms with Gasteiger partial charge >= 0.3 is 0 Å². The molecule has 0 unspecified atom stereocenters. The number of carbonyl (C=O) groups is 1. The number of rotatable bonds is 7. The van der Waals surface area contributed by atoms with Crippen LogP contribution in [0.2, 0.25) is 0 Å². The molecule has 0 radical (unpaired) electrons. The molecule has 158 valence electrons. The third-order valence-corrected chi connectivity index (χ3v) is 5.82. The molecule has 0 bridgehead atoms. The maximum absolute atomic E-state index is 13.0. The Morgan fingerprint density at radius 3 is 2.18 bits per heavy atom. The van der Waals surface area contributed by atoms with Crippen molar-refractivity contribution < 1.29 is 24.1 Å². The van der Waals surface area contributed by atoms with Crippen molar-refractivity contribution in [2.45, 2.75) is 52.5 Å². The molecule has 1 heterocycles. The Hall–Kier alpha value is -1.95. The van der Waals surface area contributed by atoms with Crippen LogP contribution in [0.3, 0.4) is 0 Å². The van der Waals surface area contributed by atoms with Crippen LogP contribution in [0.4, 0.5) is 0 Å². The molecule has 1 aliphatic heterocycles. The highest BCUT2D eigenvalue weighted by Crippen LogP contribution is 2.42. The van der Waals surface area contributed by atoms with Crippen molar-refractivity contribution in [3.63, 3.8) is 0 Å². The topological polar surface area (TPSA) is 68.2 Å². The second kappa shape index (κ2) is 9.50. The Morgan fingerprint density at radius 1 is 1.11 bits per heavy atom. The Balaban J connectivity index is 2.40. The van der Waals surface area contributed by atoms with Crippen molar-refractivity contribution in [3.8, 4) is 17.2 Å². The van der Waals surface area contributed by atoms with Crippen molar-refractivity contribution in [3.05, 3.63) is 17.7 Å². The van der Waals surface area contributed by atoms with Crippen molar-refractivity contribution >= 4 is 5.91 Å². The van der Waals surface area contributed by atoms with Gasteiger partial charge in [-0.05, 0) is 48.3 Å². The van der Waals surface area contributed by atoms with E-state index in [9.17, 15) is 9.90 Å². The Morgan fingerprint density at radius 2 is 1.71 bits per heavy atom. The summed E-state index contributed by atoms with van der Waals surface area (Å²) in [4.78, 5) is 14.9. The molecule has 0 spiro atoms. The maximum Gasteiger partial charge on any atom is 0.223 e. The van der Waals surface area contributed by atoms with Gasteiger partial charge in [-0.25, -0.2) is 0 Å². The zero-order chi connectivity index (χ0) is 20.9. The van der Waals surface area contributed by atoms with Gasteiger partial charge in [-0.1, -0.05) is 20.8 Å². The van der Waals surface area contributed by atoms with Gasteiger partial charge in [0.05, 0.1) is 27.4 Å². The average molecular weight is 394 g/mol. The highest BCUT2D eigenvalue weighted by Gasteiger charge is 2.33. The molecule has 6 nitrogen and oxygen atoms in total. The molecule has 1 fully saturated rings. The Labute approximate surface area is 168 Å². The summed E-state index contributed by atoms with van der Waals surface area (Å²) in [7, 11) is 4.72. The second-order valence-electron chi connectivity index (χ2n) is 8.46. The quantitative estimate of drug-likeness (QED) is 0.763. The van der Waals surface area contributed by atoms with Crippen LogP contribution < -0.4 is 14.2 Å². The largest absolute Gasteiger partial charge is 0.493 e. The predicted molar refractivity (Wildman–Crippen MR) is 109 cm³/mol. The number of aliphatic hydroxyl groups excluding tert-OH is 1. The number of ether oxygens (including phenoxy) is 3. The van der Waals surface area contributed by atoms with Gasteiger partial charge in [0, 0.05) is 19.6 Å². The van der Waals surface area contributed by atoms with E-state index in [1.54, 1.807) is 21.3 Å². The molecule has 1 aliphatic rings. The molecule has 1 aromatic carbocycles. The van der Waals surface area contributed by atoms with Gasteiger partial charge in [0.1, 0.15) is 0 Å². The number of aliphatic hydroxyl groups is 1. The van der Waals surface area contributed by atoms with E-state index < -0.39 is 0 Å². The van der Waals surface area contributed by atoms with E-state index >= 15 is 0 Å². The van der Waals surface area contributed by atoms with Crippen LogP contribution in [-0.4, -0.2) is 50.4 Å². The third-order valence-electron chi connectivity index (χ3n) is 5.82. The number of hydrogen-bond acceptors (Lipinski definition) is 5. The number of nitrogens with zero attached hydrogens (tertiary/aromatic N) is 1. The van der Waals surface area contributed by atoms with E-state index in [-0.39, 0.29) is 24.0 Å². The van der Waals surface area contributed by atoms with Gasteiger partial charge in [-0.2, -0.15) is 0 Å². The number of carbonyl (C=O) groups excluding carboxylic acids is 1. The molecule has 0 saturated carbocycles. The first-order valence-corrected chi connectivity index (χ1v) is 9.97. The van der Waals surface area contributed by atoms with Crippen LogP contribution in [0, 0.1) is 11.3 Å². The first kappa shape index (κ1) is 22.3. The normalized spacial score (nSPS) is 19.2. The number of likely N-dealkylation sites (tertiary alicyclic amines) is 1. The number of benzene rings is 1.